The van der Waals surface area contributed by atoms with Gasteiger partial charge in [0.1, 0.15) is 11.6 Å². The number of nitrogens with zero attached hydrogens (tertiary/aromatic N) is 1. The Morgan fingerprint density at radius 1 is 1.07 bits per heavy atom. The molecule has 0 saturated heterocycles. The Hall–Kier alpha value is -1.17. The fourth-order valence-corrected chi connectivity index (χ4v) is 9.23. The highest BCUT2D eigenvalue weighted by molar-refractivity contribution is 5.89. The van der Waals surface area contributed by atoms with Gasteiger partial charge in [-0.1, -0.05) is 34.6 Å². The van der Waals surface area contributed by atoms with Crippen molar-refractivity contribution in [2.45, 2.75) is 92.4 Å². The lowest BCUT2D eigenvalue weighted by atomic mass is 9.37. The van der Waals surface area contributed by atoms with E-state index in [1.54, 1.807) is 0 Å². The highest BCUT2D eigenvalue weighted by Crippen LogP contribution is 2.71. The van der Waals surface area contributed by atoms with Crippen LogP contribution in [0.15, 0.2) is 0 Å². The Morgan fingerprint density at radius 3 is 2.45 bits per heavy atom. The largest absolute Gasteiger partial charge is 0.300 e. The topological polar surface area (TPSA) is 57.9 Å². The average Bonchev–Trinajstić information content (AvgIpc) is 3.01. The molecule has 0 amide bonds. The van der Waals surface area contributed by atoms with E-state index in [0.29, 0.717) is 54.5 Å². The second-order valence-corrected chi connectivity index (χ2v) is 11.7. The van der Waals surface area contributed by atoms with E-state index in [2.05, 4.69) is 40.7 Å². The summed E-state index contributed by atoms with van der Waals surface area (Å²) in [6.45, 7) is 11.5. The zero-order valence-corrected chi connectivity index (χ0v) is 19.1. The van der Waals surface area contributed by atoms with E-state index in [0.717, 1.165) is 25.7 Å². The van der Waals surface area contributed by atoms with Gasteiger partial charge in [0.15, 0.2) is 0 Å². The molecule has 9 atom stereocenters. The smallest absolute Gasteiger partial charge is 0.140 e. The van der Waals surface area contributed by atoms with Gasteiger partial charge in [0, 0.05) is 31.1 Å². The lowest BCUT2D eigenvalue weighted by Crippen LogP contribution is -2.64. The molecule has 0 aromatic rings. The maximum atomic E-state index is 14.0. The van der Waals surface area contributed by atoms with E-state index < -0.39 is 0 Å². The van der Waals surface area contributed by atoms with Crippen LogP contribution in [0.1, 0.15) is 92.4 Å². The molecule has 4 rings (SSSR count). The van der Waals surface area contributed by atoms with Crippen molar-refractivity contribution in [1.29, 1.82) is 5.26 Å². The van der Waals surface area contributed by atoms with Gasteiger partial charge in [0.2, 0.25) is 0 Å². The first-order valence-electron chi connectivity index (χ1n) is 12.1. The minimum atomic E-state index is -0.171. The summed E-state index contributed by atoms with van der Waals surface area (Å²) in [5.41, 5.74) is 0.118. The van der Waals surface area contributed by atoms with Crippen LogP contribution in [-0.2, 0) is 9.59 Å². The fraction of sp³-hybridized carbons (Fsp3) is 0.885. The van der Waals surface area contributed by atoms with Gasteiger partial charge in [-0.3, -0.25) is 9.59 Å². The number of nitriles is 1. The maximum absolute atomic E-state index is 14.0. The standard InChI is InChI=1S/C26H39NO2/c1-6-18-23(29)22-20-8-7-19(16(2)11-14-27)24(20,3)12-10-21(22)25(4)13-9-17(28)15-26(18,25)5/h16,18-22H,6-13,15H2,1-5H3/t16-,18-,19?,20?,21?,22?,24-,25-,26+/m1/s1. The molecule has 4 saturated carbocycles. The van der Waals surface area contributed by atoms with Crippen LogP contribution in [0.4, 0.5) is 0 Å². The number of Topliss-reactive ketones (excluding diaryl/α,β-unsaturated/α-hetero) is 2. The Labute approximate surface area is 177 Å². The van der Waals surface area contributed by atoms with Gasteiger partial charge in [-0.05, 0) is 78.4 Å². The van der Waals surface area contributed by atoms with Gasteiger partial charge in [0.05, 0.1) is 6.07 Å². The predicted molar refractivity (Wildman–Crippen MR) is 114 cm³/mol. The summed E-state index contributed by atoms with van der Waals surface area (Å²) in [6, 6.07) is 2.39. The predicted octanol–water partition coefficient (Wildman–Crippen LogP) is 5.97. The molecular weight excluding hydrogens is 358 g/mol. The van der Waals surface area contributed by atoms with Crippen molar-refractivity contribution >= 4 is 11.6 Å². The Kier molecular flexibility index (Phi) is 5.04. The number of carbonyl (C=O) groups is 2. The van der Waals surface area contributed by atoms with Crippen LogP contribution in [0.2, 0.25) is 0 Å². The number of rotatable bonds is 3. The van der Waals surface area contributed by atoms with Crippen molar-refractivity contribution in [1.82, 2.24) is 0 Å². The number of ketones is 2. The van der Waals surface area contributed by atoms with Crippen molar-refractivity contribution in [3.05, 3.63) is 0 Å². The molecule has 160 valence electrons. The molecule has 0 radical (unpaired) electrons. The van der Waals surface area contributed by atoms with Gasteiger partial charge >= 0.3 is 0 Å². The second-order valence-electron chi connectivity index (χ2n) is 11.7. The SMILES string of the molecule is CC[C@@H]1C(=O)C2C3CCC([C@H](C)CC#N)[C@@]3(C)CCC2[C@@]2(C)CCC(=O)C[C@@]12C. The molecule has 4 fully saturated rings. The van der Waals surface area contributed by atoms with E-state index in [1.165, 1.54) is 12.8 Å². The molecular formula is C26H39NO2. The van der Waals surface area contributed by atoms with E-state index in [9.17, 15) is 14.9 Å². The van der Waals surface area contributed by atoms with Gasteiger partial charge in [-0.15, -0.1) is 0 Å². The zero-order chi connectivity index (χ0) is 21.2. The van der Waals surface area contributed by atoms with Crippen molar-refractivity contribution in [3.8, 4) is 6.07 Å². The van der Waals surface area contributed by atoms with Gasteiger partial charge in [0.25, 0.3) is 0 Å². The van der Waals surface area contributed by atoms with Crippen LogP contribution >= 0.6 is 0 Å². The Balaban J connectivity index is 1.74. The van der Waals surface area contributed by atoms with Gasteiger partial charge in [-0.25, -0.2) is 0 Å². The molecule has 0 spiro atoms. The van der Waals surface area contributed by atoms with E-state index in [-0.39, 0.29) is 28.1 Å². The van der Waals surface area contributed by atoms with Crippen molar-refractivity contribution in [3.63, 3.8) is 0 Å². The first-order valence-corrected chi connectivity index (χ1v) is 12.1. The summed E-state index contributed by atoms with van der Waals surface area (Å²) < 4.78 is 0. The molecule has 0 heterocycles. The summed E-state index contributed by atoms with van der Waals surface area (Å²) in [7, 11) is 0. The minimum Gasteiger partial charge on any atom is -0.300 e. The van der Waals surface area contributed by atoms with E-state index in [1.807, 2.05) is 0 Å². The molecule has 29 heavy (non-hydrogen) atoms. The third-order valence-electron chi connectivity index (χ3n) is 10.9. The monoisotopic (exact) mass is 397 g/mol. The molecule has 3 heteroatoms. The van der Waals surface area contributed by atoms with Crippen LogP contribution in [0.5, 0.6) is 0 Å². The molecule has 0 N–H and O–H groups in total. The van der Waals surface area contributed by atoms with E-state index >= 15 is 0 Å². The Bertz CT molecular complexity index is 752. The molecule has 4 aliphatic rings. The van der Waals surface area contributed by atoms with Crippen molar-refractivity contribution < 1.29 is 9.59 Å². The maximum Gasteiger partial charge on any atom is 0.140 e. The highest BCUT2D eigenvalue weighted by atomic mass is 16.1. The number of carbonyl (C=O) groups excluding carboxylic acids is 2. The summed E-state index contributed by atoms with van der Waals surface area (Å²) in [5, 5.41) is 9.25. The van der Waals surface area contributed by atoms with Gasteiger partial charge in [-0.2, -0.15) is 5.26 Å². The summed E-state index contributed by atoms with van der Waals surface area (Å²) in [6.07, 6.45) is 8.37. The van der Waals surface area contributed by atoms with Crippen molar-refractivity contribution in [2.75, 3.05) is 0 Å². The normalized spacial score (nSPS) is 50.3. The summed E-state index contributed by atoms with van der Waals surface area (Å²) >= 11 is 0. The molecule has 0 bridgehead atoms. The first kappa shape index (κ1) is 21.1. The highest BCUT2D eigenvalue weighted by Gasteiger charge is 2.68. The number of hydrogen-bond acceptors (Lipinski definition) is 3. The molecule has 0 aliphatic heterocycles. The second kappa shape index (κ2) is 6.93. The quantitative estimate of drug-likeness (QED) is 0.589. The lowest BCUT2D eigenvalue weighted by molar-refractivity contribution is -0.190. The summed E-state index contributed by atoms with van der Waals surface area (Å²) in [5.74, 6) is 2.92. The van der Waals surface area contributed by atoms with E-state index in [4.69, 9.17) is 0 Å². The molecule has 3 nitrogen and oxygen atoms in total. The van der Waals surface area contributed by atoms with Crippen LogP contribution < -0.4 is 0 Å². The zero-order valence-electron chi connectivity index (χ0n) is 19.1. The van der Waals surface area contributed by atoms with Crippen LogP contribution in [0.25, 0.3) is 0 Å². The molecule has 4 aliphatic carbocycles. The number of fused-ring (bicyclic) bond motifs is 5. The third kappa shape index (κ3) is 2.66. The van der Waals surface area contributed by atoms with Crippen LogP contribution in [-0.4, -0.2) is 11.6 Å². The fourth-order valence-electron chi connectivity index (χ4n) is 9.23. The Morgan fingerprint density at radius 2 is 1.79 bits per heavy atom. The number of hydrogen-bond donors (Lipinski definition) is 0. The van der Waals surface area contributed by atoms with Crippen LogP contribution in [0.3, 0.4) is 0 Å². The average molecular weight is 398 g/mol. The summed E-state index contributed by atoms with van der Waals surface area (Å²) in [4.78, 5) is 26.5. The third-order valence-corrected chi connectivity index (χ3v) is 10.9. The van der Waals surface area contributed by atoms with Gasteiger partial charge < -0.3 is 0 Å². The lowest BCUT2D eigenvalue weighted by Gasteiger charge is -2.66. The molecule has 0 aromatic heterocycles. The molecule has 0 aromatic carbocycles. The molecule has 4 unspecified atom stereocenters. The minimum absolute atomic E-state index is 0.0240. The van der Waals surface area contributed by atoms with Crippen molar-refractivity contribution in [2.24, 2.45) is 51.8 Å². The first-order chi connectivity index (χ1) is 13.6. The van der Waals surface area contributed by atoms with Crippen LogP contribution in [0, 0.1) is 63.1 Å².